The predicted octanol–water partition coefficient (Wildman–Crippen LogP) is -1.24. The average molecular weight is 264 g/mol. The van der Waals surface area contributed by atoms with Gasteiger partial charge in [-0.2, -0.15) is 0 Å². The standard InChI is InChI=1S/C11H24N2O5/c1-15-4-5-16-6-7-17-8-9-18-10-11(14)13-3-2-12/h2-10,12H2,1H3,(H,13,14). The molecule has 0 rings (SSSR count). The summed E-state index contributed by atoms with van der Waals surface area (Å²) < 4.78 is 20.3. The van der Waals surface area contributed by atoms with E-state index in [2.05, 4.69) is 5.32 Å². The Hall–Kier alpha value is -0.730. The molecule has 7 nitrogen and oxygen atoms in total. The van der Waals surface area contributed by atoms with Gasteiger partial charge >= 0.3 is 0 Å². The van der Waals surface area contributed by atoms with E-state index in [1.165, 1.54) is 0 Å². The lowest BCUT2D eigenvalue weighted by Gasteiger charge is -2.07. The first kappa shape index (κ1) is 17.3. The lowest BCUT2D eigenvalue weighted by molar-refractivity contribution is -0.126. The first-order valence-corrected chi connectivity index (χ1v) is 6.00. The zero-order valence-electron chi connectivity index (χ0n) is 11.0. The van der Waals surface area contributed by atoms with E-state index in [-0.39, 0.29) is 12.5 Å². The van der Waals surface area contributed by atoms with Crippen LogP contribution < -0.4 is 11.1 Å². The Morgan fingerprint density at radius 3 is 2.11 bits per heavy atom. The highest BCUT2D eigenvalue weighted by molar-refractivity contribution is 5.77. The fourth-order valence-corrected chi connectivity index (χ4v) is 1.01. The van der Waals surface area contributed by atoms with Crippen molar-refractivity contribution in [3.63, 3.8) is 0 Å². The van der Waals surface area contributed by atoms with Crippen molar-refractivity contribution < 1.29 is 23.7 Å². The summed E-state index contributed by atoms with van der Waals surface area (Å²) in [5, 5.41) is 2.60. The van der Waals surface area contributed by atoms with Crippen molar-refractivity contribution in [1.29, 1.82) is 0 Å². The summed E-state index contributed by atoms with van der Waals surface area (Å²) in [5.74, 6) is -0.164. The molecule has 0 saturated heterocycles. The maximum atomic E-state index is 11.1. The smallest absolute Gasteiger partial charge is 0.246 e. The molecule has 0 atom stereocenters. The highest BCUT2D eigenvalue weighted by Crippen LogP contribution is 1.82. The molecule has 1 amide bonds. The van der Waals surface area contributed by atoms with E-state index in [1.807, 2.05) is 0 Å². The molecule has 0 aromatic rings. The quantitative estimate of drug-likeness (QED) is 0.404. The van der Waals surface area contributed by atoms with Gasteiger partial charge in [-0.1, -0.05) is 0 Å². The zero-order chi connectivity index (χ0) is 13.5. The maximum absolute atomic E-state index is 11.1. The number of nitrogens with two attached hydrogens (primary N) is 1. The minimum absolute atomic E-state index is 0.0354. The van der Waals surface area contributed by atoms with Crippen LogP contribution in [-0.4, -0.2) is 72.4 Å². The summed E-state index contributed by atoms with van der Waals surface area (Å²) in [7, 11) is 1.63. The first-order valence-electron chi connectivity index (χ1n) is 6.00. The number of nitrogens with one attached hydrogen (secondary N) is 1. The van der Waals surface area contributed by atoms with Crippen molar-refractivity contribution >= 4 is 5.91 Å². The molecule has 0 aliphatic heterocycles. The average Bonchev–Trinajstić information content (AvgIpc) is 2.38. The van der Waals surface area contributed by atoms with E-state index >= 15 is 0 Å². The normalized spacial score (nSPS) is 10.6. The van der Waals surface area contributed by atoms with Crippen molar-refractivity contribution in [3.05, 3.63) is 0 Å². The monoisotopic (exact) mass is 264 g/mol. The third-order valence-corrected chi connectivity index (χ3v) is 1.88. The molecule has 0 aliphatic carbocycles. The van der Waals surface area contributed by atoms with Gasteiger partial charge in [0.1, 0.15) is 6.61 Å². The number of carbonyl (C=O) groups excluding carboxylic acids is 1. The van der Waals surface area contributed by atoms with E-state index in [4.69, 9.17) is 24.7 Å². The fraction of sp³-hybridized carbons (Fsp3) is 0.909. The third kappa shape index (κ3) is 13.3. The highest BCUT2D eigenvalue weighted by Gasteiger charge is 1.99. The molecule has 0 bridgehead atoms. The molecule has 7 heteroatoms. The number of hydrogen-bond donors (Lipinski definition) is 2. The number of amides is 1. The molecule has 108 valence electrons. The molecule has 0 saturated carbocycles. The molecule has 3 N–H and O–H groups in total. The Labute approximate surface area is 108 Å². The van der Waals surface area contributed by atoms with Crippen LogP contribution in [-0.2, 0) is 23.7 Å². The summed E-state index contributed by atoms with van der Waals surface area (Å²) in [5.41, 5.74) is 5.23. The molecule has 0 radical (unpaired) electrons. The second-order valence-corrected chi connectivity index (χ2v) is 3.41. The van der Waals surface area contributed by atoms with Gasteiger partial charge in [0.15, 0.2) is 0 Å². The number of carbonyl (C=O) groups is 1. The van der Waals surface area contributed by atoms with Gasteiger partial charge in [-0.3, -0.25) is 4.79 Å². The summed E-state index contributed by atoms with van der Waals surface area (Å²) in [6.45, 7) is 3.94. The van der Waals surface area contributed by atoms with Crippen LogP contribution in [0.5, 0.6) is 0 Å². The van der Waals surface area contributed by atoms with Gasteiger partial charge in [0.25, 0.3) is 0 Å². The molecule has 0 heterocycles. The molecule has 0 unspecified atom stereocenters. The van der Waals surface area contributed by atoms with E-state index in [1.54, 1.807) is 7.11 Å². The van der Waals surface area contributed by atoms with Gasteiger partial charge < -0.3 is 30.0 Å². The van der Waals surface area contributed by atoms with Crippen LogP contribution in [0.25, 0.3) is 0 Å². The molecular formula is C11H24N2O5. The Morgan fingerprint density at radius 1 is 1.00 bits per heavy atom. The minimum atomic E-state index is -0.164. The first-order chi connectivity index (χ1) is 8.81. The second-order valence-electron chi connectivity index (χ2n) is 3.41. The van der Waals surface area contributed by atoms with Crippen LogP contribution >= 0.6 is 0 Å². The van der Waals surface area contributed by atoms with Crippen LogP contribution in [0.1, 0.15) is 0 Å². The van der Waals surface area contributed by atoms with Gasteiger partial charge in [0.05, 0.1) is 39.6 Å². The summed E-state index contributed by atoms with van der Waals surface area (Å²) in [6, 6.07) is 0. The number of hydrogen-bond acceptors (Lipinski definition) is 6. The summed E-state index contributed by atoms with van der Waals surface area (Å²) in [6.07, 6.45) is 0. The molecule has 0 aromatic heterocycles. The van der Waals surface area contributed by atoms with E-state index < -0.39 is 0 Å². The zero-order valence-corrected chi connectivity index (χ0v) is 11.0. The Bertz CT molecular complexity index is 192. The van der Waals surface area contributed by atoms with Crippen molar-refractivity contribution in [1.82, 2.24) is 5.32 Å². The maximum Gasteiger partial charge on any atom is 0.246 e. The van der Waals surface area contributed by atoms with Gasteiger partial charge in [-0.25, -0.2) is 0 Å². The van der Waals surface area contributed by atoms with Crippen LogP contribution in [0.4, 0.5) is 0 Å². The van der Waals surface area contributed by atoms with Crippen LogP contribution in [0.3, 0.4) is 0 Å². The van der Waals surface area contributed by atoms with Gasteiger partial charge in [0.2, 0.25) is 5.91 Å². The predicted molar refractivity (Wildman–Crippen MR) is 66.4 cm³/mol. The summed E-state index contributed by atoms with van der Waals surface area (Å²) >= 11 is 0. The van der Waals surface area contributed by atoms with Crippen LogP contribution in [0.15, 0.2) is 0 Å². The molecular weight excluding hydrogens is 240 g/mol. The third-order valence-electron chi connectivity index (χ3n) is 1.88. The number of rotatable bonds is 13. The van der Waals surface area contributed by atoms with Crippen LogP contribution in [0, 0.1) is 0 Å². The van der Waals surface area contributed by atoms with Gasteiger partial charge in [-0.15, -0.1) is 0 Å². The minimum Gasteiger partial charge on any atom is -0.382 e. The lowest BCUT2D eigenvalue weighted by Crippen LogP contribution is -2.32. The lowest BCUT2D eigenvalue weighted by atomic mass is 10.5. The Morgan fingerprint density at radius 2 is 1.56 bits per heavy atom. The van der Waals surface area contributed by atoms with E-state index in [0.29, 0.717) is 52.7 Å². The molecule has 0 aromatic carbocycles. The molecule has 0 spiro atoms. The largest absolute Gasteiger partial charge is 0.382 e. The summed E-state index contributed by atoms with van der Waals surface area (Å²) in [4.78, 5) is 11.1. The molecule has 0 aliphatic rings. The van der Waals surface area contributed by atoms with Crippen LogP contribution in [0.2, 0.25) is 0 Å². The van der Waals surface area contributed by atoms with Crippen molar-refractivity contribution in [3.8, 4) is 0 Å². The Kier molecular flexibility index (Phi) is 13.8. The van der Waals surface area contributed by atoms with Gasteiger partial charge in [-0.05, 0) is 0 Å². The van der Waals surface area contributed by atoms with Gasteiger partial charge in [0, 0.05) is 20.2 Å². The molecule has 0 fully saturated rings. The van der Waals surface area contributed by atoms with Crippen molar-refractivity contribution in [2.24, 2.45) is 5.73 Å². The SMILES string of the molecule is COCCOCCOCCOCC(=O)NCCN. The number of methoxy groups -OCH3 is 1. The number of ether oxygens (including phenoxy) is 4. The fourth-order valence-electron chi connectivity index (χ4n) is 1.01. The molecule has 18 heavy (non-hydrogen) atoms. The van der Waals surface area contributed by atoms with Crippen molar-refractivity contribution in [2.45, 2.75) is 0 Å². The second kappa shape index (κ2) is 14.3. The topological polar surface area (TPSA) is 92.0 Å². The Balaban J connectivity index is 3.04. The highest BCUT2D eigenvalue weighted by atomic mass is 16.6. The van der Waals surface area contributed by atoms with Crippen molar-refractivity contribution in [2.75, 3.05) is 66.4 Å². The van der Waals surface area contributed by atoms with E-state index in [0.717, 1.165) is 0 Å². The van der Waals surface area contributed by atoms with E-state index in [9.17, 15) is 4.79 Å².